The van der Waals surface area contributed by atoms with Gasteiger partial charge < -0.3 is 10.5 Å². The van der Waals surface area contributed by atoms with Crippen LogP contribution in [0.25, 0.3) is 0 Å². The summed E-state index contributed by atoms with van der Waals surface area (Å²) in [6.45, 7) is 0. The summed E-state index contributed by atoms with van der Waals surface area (Å²) < 4.78 is 5.19. The number of thioether (sulfide) groups is 1. The number of methoxy groups -OCH3 is 1. The third-order valence-corrected chi connectivity index (χ3v) is 3.86. The molecular formula is C15H14N2OS. The average molecular weight is 270 g/mol. The third-order valence-electron chi connectivity index (χ3n) is 2.74. The number of ether oxygens (including phenoxy) is 1. The Morgan fingerprint density at radius 1 is 1.26 bits per heavy atom. The molecule has 0 fully saturated rings. The predicted molar refractivity (Wildman–Crippen MR) is 78.1 cm³/mol. The van der Waals surface area contributed by atoms with Crippen LogP contribution in [0.1, 0.15) is 11.1 Å². The lowest BCUT2D eigenvalue weighted by atomic mass is 10.1. The van der Waals surface area contributed by atoms with Crippen molar-refractivity contribution in [3.63, 3.8) is 0 Å². The molecule has 0 aliphatic heterocycles. The molecule has 19 heavy (non-hydrogen) atoms. The molecule has 0 aliphatic carbocycles. The summed E-state index contributed by atoms with van der Waals surface area (Å²) in [6, 6.07) is 15.4. The highest BCUT2D eigenvalue weighted by atomic mass is 32.2. The number of nitrogens with two attached hydrogens (primary N) is 1. The second-order valence-corrected chi connectivity index (χ2v) is 4.98. The molecule has 96 valence electrons. The topological polar surface area (TPSA) is 59.0 Å². The molecule has 2 aromatic rings. The van der Waals surface area contributed by atoms with Crippen molar-refractivity contribution < 1.29 is 4.74 Å². The summed E-state index contributed by atoms with van der Waals surface area (Å²) in [7, 11) is 1.63. The van der Waals surface area contributed by atoms with E-state index in [0.29, 0.717) is 11.3 Å². The lowest BCUT2D eigenvalue weighted by Gasteiger charge is -2.08. The normalized spacial score (nSPS) is 9.89. The van der Waals surface area contributed by atoms with Crippen LogP contribution in [-0.2, 0) is 5.75 Å². The van der Waals surface area contributed by atoms with E-state index in [9.17, 15) is 0 Å². The van der Waals surface area contributed by atoms with E-state index in [4.69, 9.17) is 15.7 Å². The first-order valence-electron chi connectivity index (χ1n) is 5.79. The van der Waals surface area contributed by atoms with Gasteiger partial charge in [-0.25, -0.2) is 0 Å². The highest BCUT2D eigenvalue weighted by molar-refractivity contribution is 7.98. The molecule has 0 amide bonds. The van der Waals surface area contributed by atoms with Gasteiger partial charge in [0.1, 0.15) is 5.75 Å². The van der Waals surface area contributed by atoms with E-state index < -0.39 is 0 Å². The quantitative estimate of drug-likeness (QED) is 0.683. The standard InChI is InChI=1S/C15H14N2OS/c1-18-13-6-7-14(17)15(8-13)19-10-12-5-3-2-4-11(12)9-16/h2-8H,10,17H2,1H3. The molecule has 3 nitrogen and oxygen atoms in total. The molecule has 4 heteroatoms. The Labute approximate surface area is 117 Å². The minimum atomic E-state index is 0.705. The first-order chi connectivity index (χ1) is 9.24. The molecule has 0 aliphatic rings. The fourth-order valence-corrected chi connectivity index (χ4v) is 2.67. The van der Waals surface area contributed by atoms with Crippen LogP contribution in [0.4, 0.5) is 5.69 Å². The molecule has 2 N–H and O–H groups in total. The summed E-state index contributed by atoms with van der Waals surface area (Å²) in [5.41, 5.74) is 8.38. The zero-order chi connectivity index (χ0) is 13.7. The van der Waals surface area contributed by atoms with Gasteiger partial charge in [0.15, 0.2) is 0 Å². The summed E-state index contributed by atoms with van der Waals surface area (Å²) in [6.07, 6.45) is 0. The van der Waals surface area contributed by atoms with Crippen molar-refractivity contribution in [2.45, 2.75) is 10.6 Å². The van der Waals surface area contributed by atoms with Crippen molar-refractivity contribution in [1.29, 1.82) is 5.26 Å². The van der Waals surface area contributed by atoms with E-state index in [1.54, 1.807) is 18.9 Å². The molecule has 0 unspecified atom stereocenters. The molecule has 0 saturated carbocycles. The number of rotatable bonds is 4. The van der Waals surface area contributed by atoms with Crippen LogP contribution in [0.3, 0.4) is 0 Å². The Morgan fingerprint density at radius 3 is 2.79 bits per heavy atom. The summed E-state index contributed by atoms with van der Waals surface area (Å²) in [5, 5.41) is 9.05. The molecule has 2 rings (SSSR count). The number of nitrogens with zero attached hydrogens (tertiary/aromatic N) is 1. The molecule has 0 radical (unpaired) electrons. The number of benzene rings is 2. The van der Waals surface area contributed by atoms with Crippen LogP contribution >= 0.6 is 11.8 Å². The maximum atomic E-state index is 9.05. The van der Waals surface area contributed by atoms with Crippen LogP contribution in [0, 0.1) is 11.3 Å². The minimum Gasteiger partial charge on any atom is -0.497 e. The van der Waals surface area contributed by atoms with E-state index in [-0.39, 0.29) is 0 Å². The van der Waals surface area contributed by atoms with E-state index >= 15 is 0 Å². The van der Waals surface area contributed by atoms with Gasteiger partial charge in [0.05, 0.1) is 18.7 Å². The van der Waals surface area contributed by atoms with Crippen molar-refractivity contribution in [2.75, 3.05) is 12.8 Å². The predicted octanol–water partition coefficient (Wildman–Crippen LogP) is 3.44. The molecule has 0 saturated heterocycles. The molecule has 0 aromatic heterocycles. The van der Waals surface area contributed by atoms with Crippen LogP contribution in [0.15, 0.2) is 47.4 Å². The van der Waals surface area contributed by atoms with Crippen LogP contribution < -0.4 is 10.5 Å². The van der Waals surface area contributed by atoms with Gasteiger partial charge >= 0.3 is 0 Å². The Balaban J connectivity index is 2.17. The zero-order valence-corrected chi connectivity index (χ0v) is 11.4. The van der Waals surface area contributed by atoms with Gasteiger partial charge in [-0.2, -0.15) is 5.26 Å². The van der Waals surface area contributed by atoms with Crippen molar-refractivity contribution >= 4 is 17.4 Å². The SMILES string of the molecule is COc1ccc(N)c(SCc2ccccc2C#N)c1. The van der Waals surface area contributed by atoms with Crippen LogP contribution in [-0.4, -0.2) is 7.11 Å². The average Bonchev–Trinajstić information content (AvgIpc) is 2.46. The second-order valence-electron chi connectivity index (χ2n) is 3.96. The lowest BCUT2D eigenvalue weighted by molar-refractivity contribution is 0.414. The first-order valence-corrected chi connectivity index (χ1v) is 6.77. The maximum Gasteiger partial charge on any atom is 0.120 e. The fraction of sp³-hybridized carbons (Fsp3) is 0.133. The minimum absolute atomic E-state index is 0.705. The van der Waals surface area contributed by atoms with E-state index in [1.807, 2.05) is 42.5 Å². The van der Waals surface area contributed by atoms with E-state index in [1.165, 1.54) is 0 Å². The van der Waals surface area contributed by atoms with E-state index in [0.717, 1.165) is 21.9 Å². The highest BCUT2D eigenvalue weighted by Gasteiger charge is 2.05. The van der Waals surface area contributed by atoms with Crippen molar-refractivity contribution in [2.24, 2.45) is 0 Å². The van der Waals surface area contributed by atoms with Gasteiger partial charge in [-0.1, -0.05) is 18.2 Å². The summed E-state index contributed by atoms with van der Waals surface area (Å²) in [4.78, 5) is 0.965. The smallest absolute Gasteiger partial charge is 0.120 e. The third kappa shape index (κ3) is 3.21. The highest BCUT2D eigenvalue weighted by Crippen LogP contribution is 2.31. The molecule has 2 aromatic carbocycles. The van der Waals surface area contributed by atoms with Crippen molar-refractivity contribution in [3.8, 4) is 11.8 Å². The van der Waals surface area contributed by atoms with Crippen LogP contribution in [0.5, 0.6) is 5.75 Å². The van der Waals surface area contributed by atoms with Gasteiger partial charge in [-0.3, -0.25) is 0 Å². The largest absolute Gasteiger partial charge is 0.497 e. The molecule has 0 heterocycles. The summed E-state index contributed by atoms with van der Waals surface area (Å²) in [5.74, 6) is 1.49. The molecule has 0 bridgehead atoms. The summed E-state index contributed by atoms with van der Waals surface area (Å²) >= 11 is 1.60. The van der Waals surface area contributed by atoms with Crippen molar-refractivity contribution in [3.05, 3.63) is 53.6 Å². The van der Waals surface area contributed by atoms with Crippen LogP contribution in [0.2, 0.25) is 0 Å². The maximum absolute atomic E-state index is 9.05. The number of anilines is 1. The monoisotopic (exact) mass is 270 g/mol. The van der Waals surface area contributed by atoms with Crippen molar-refractivity contribution in [1.82, 2.24) is 0 Å². The first kappa shape index (κ1) is 13.3. The van der Waals surface area contributed by atoms with Gasteiger partial charge in [0, 0.05) is 16.3 Å². The number of nitriles is 1. The zero-order valence-electron chi connectivity index (χ0n) is 10.6. The Kier molecular flexibility index (Phi) is 4.32. The number of hydrogen-bond acceptors (Lipinski definition) is 4. The number of nitrogen functional groups attached to an aromatic ring is 1. The molecule has 0 spiro atoms. The molecule has 0 atom stereocenters. The van der Waals surface area contributed by atoms with E-state index in [2.05, 4.69) is 6.07 Å². The van der Waals surface area contributed by atoms with Gasteiger partial charge in [-0.05, 0) is 29.8 Å². The fourth-order valence-electron chi connectivity index (χ4n) is 1.68. The lowest BCUT2D eigenvalue weighted by Crippen LogP contribution is -1.92. The molecular weight excluding hydrogens is 256 g/mol. The second kappa shape index (κ2) is 6.17. The van der Waals surface area contributed by atoms with Gasteiger partial charge in [0.25, 0.3) is 0 Å². The Morgan fingerprint density at radius 2 is 2.05 bits per heavy atom. The number of hydrogen-bond donors (Lipinski definition) is 1. The van der Waals surface area contributed by atoms with Gasteiger partial charge in [0.2, 0.25) is 0 Å². The van der Waals surface area contributed by atoms with Gasteiger partial charge in [-0.15, -0.1) is 11.8 Å². The Hall–Kier alpha value is -2.12. The Bertz CT molecular complexity index is 620.